The first kappa shape index (κ1) is 21.8. The second kappa shape index (κ2) is 8.98. The highest BCUT2D eigenvalue weighted by Crippen LogP contribution is 2.28. The topological polar surface area (TPSA) is 86.8 Å². The Morgan fingerprint density at radius 1 is 1.10 bits per heavy atom. The molecule has 7 nitrogen and oxygen atoms in total. The minimum atomic E-state index is -3.68. The molecule has 2 amide bonds. The Hall–Kier alpha value is -2.42. The van der Waals surface area contributed by atoms with Crippen molar-refractivity contribution in [3.05, 3.63) is 64.7 Å². The maximum atomic E-state index is 12.9. The SMILES string of the molecule is O=C(NCC(c1cccc(Cl)c1)N1CCCC1)c1cccc(N2C(=O)CCS2(=O)=O)c1. The van der Waals surface area contributed by atoms with Crippen molar-refractivity contribution in [1.29, 1.82) is 0 Å². The Labute approximate surface area is 187 Å². The summed E-state index contributed by atoms with van der Waals surface area (Å²) in [4.78, 5) is 27.2. The van der Waals surface area contributed by atoms with Gasteiger partial charge in [-0.1, -0.05) is 29.8 Å². The number of nitrogens with zero attached hydrogens (tertiary/aromatic N) is 2. The highest BCUT2D eigenvalue weighted by Gasteiger charge is 2.36. The van der Waals surface area contributed by atoms with Crippen LogP contribution in [0.1, 0.15) is 41.2 Å². The van der Waals surface area contributed by atoms with E-state index in [1.54, 1.807) is 12.1 Å². The van der Waals surface area contributed by atoms with Gasteiger partial charge in [0, 0.05) is 23.6 Å². The monoisotopic (exact) mass is 461 g/mol. The molecule has 0 bridgehead atoms. The Kier molecular flexibility index (Phi) is 6.31. The number of halogens is 1. The molecule has 2 heterocycles. The third kappa shape index (κ3) is 4.76. The molecule has 1 atom stereocenters. The highest BCUT2D eigenvalue weighted by atomic mass is 35.5. The highest BCUT2D eigenvalue weighted by molar-refractivity contribution is 7.94. The number of carbonyl (C=O) groups is 2. The summed E-state index contributed by atoms with van der Waals surface area (Å²) in [5.74, 6) is -1.01. The van der Waals surface area contributed by atoms with E-state index in [2.05, 4.69) is 10.2 Å². The molecule has 4 rings (SSSR count). The molecule has 0 aromatic heterocycles. The molecule has 2 fully saturated rings. The molecule has 164 valence electrons. The molecule has 2 saturated heterocycles. The molecule has 2 aliphatic heterocycles. The Bertz CT molecular complexity index is 1100. The van der Waals surface area contributed by atoms with Gasteiger partial charge in [-0.3, -0.25) is 14.5 Å². The van der Waals surface area contributed by atoms with Crippen LogP contribution in [0.5, 0.6) is 0 Å². The van der Waals surface area contributed by atoms with E-state index in [-0.39, 0.29) is 29.8 Å². The average Bonchev–Trinajstić information content (AvgIpc) is 3.36. The zero-order valence-corrected chi connectivity index (χ0v) is 18.5. The number of carbonyl (C=O) groups excluding carboxylic acids is 2. The summed E-state index contributed by atoms with van der Waals surface area (Å²) in [5.41, 5.74) is 1.54. The summed E-state index contributed by atoms with van der Waals surface area (Å²) in [6.45, 7) is 2.30. The van der Waals surface area contributed by atoms with E-state index < -0.39 is 15.9 Å². The first-order chi connectivity index (χ1) is 14.8. The fourth-order valence-electron chi connectivity index (χ4n) is 4.16. The van der Waals surface area contributed by atoms with Gasteiger partial charge in [-0.25, -0.2) is 12.7 Å². The summed E-state index contributed by atoms with van der Waals surface area (Å²) in [6.07, 6.45) is 2.19. The lowest BCUT2D eigenvalue weighted by molar-refractivity contribution is -0.116. The van der Waals surface area contributed by atoms with Gasteiger partial charge in [-0.2, -0.15) is 0 Å². The maximum Gasteiger partial charge on any atom is 0.251 e. The molecule has 1 unspecified atom stereocenters. The average molecular weight is 462 g/mol. The van der Waals surface area contributed by atoms with Gasteiger partial charge >= 0.3 is 0 Å². The number of anilines is 1. The Balaban J connectivity index is 1.51. The summed E-state index contributed by atoms with van der Waals surface area (Å²) in [6, 6.07) is 13.8. The van der Waals surface area contributed by atoms with Crippen LogP contribution in [-0.4, -0.2) is 50.5 Å². The van der Waals surface area contributed by atoms with Crippen molar-refractivity contribution in [2.75, 3.05) is 29.7 Å². The maximum absolute atomic E-state index is 12.9. The molecular formula is C22H24ClN3O4S. The number of benzene rings is 2. The van der Waals surface area contributed by atoms with Gasteiger partial charge in [-0.05, 0) is 61.8 Å². The largest absolute Gasteiger partial charge is 0.350 e. The van der Waals surface area contributed by atoms with E-state index >= 15 is 0 Å². The van der Waals surface area contributed by atoms with Gasteiger partial charge in [0.1, 0.15) is 0 Å². The Morgan fingerprint density at radius 3 is 2.52 bits per heavy atom. The fraction of sp³-hybridized carbons (Fsp3) is 0.364. The third-order valence-electron chi connectivity index (χ3n) is 5.69. The zero-order chi connectivity index (χ0) is 22.0. The van der Waals surface area contributed by atoms with E-state index in [4.69, 9.17) is 11.6 Å². The molecule has 1 N–H and O–H groups in total. The summed E-state index contributed by atoms with van der Waals surface area (Å²) in [7, 11) is -3.68. The molecule has 31 heavy (non-hydrogen) atoms. The molecule has 2 aromatic carbocycles. The second-order valence-electron chi connectivity index (χ2n) is 7.80. The van der Waals surface area contributed by atoms with Crippen molar-refractivity contribution < 1.29 is 18.0 Å². The first-order valence-corrected chi connectivity index (χ1v) is 12.3. The quantitative estimate of drug-likeness (QED) is 0.714. The van der Waals surface area contributed by atoms with E-state index in [1.807, 2.05) is 24.3 Å². The van der Waals surface area contributed by atoms with Crippen LogP contribution < -0.4 is 9.62 Å². The van der Waals surface area contributed by atoms with Gasteiger partial charge < -0.3 is 5.32 Å². The Morgan fingerprint density at radius 2 is 1.84 bits per heavy atom. The van der Waals surface area contributed by atoms with E-state index in [0.29, 0.717) is 17.1 Å². The lowest BCUT2D eigenvalue weighted by Gasteiger charge is -2.28. The van der Waals surface area contributed by atoms with Crippen LogP contribution in [0.3, 0.4) is 0 Å². The predicted octanol–water partition coefficient (Wildman–Crippen LogP) is 2.97. The third-order valence-corrected chi connectivity index (χ3v) is 7.62. The standard InChI is InChI=1S/C22H24ClN3O4S/c23-18-7-3-5-16(13-18)20(25-10-1-2-11-25)15-24-22(28)17-6-4-8-19(14-17)26-21(27)9-12-31(26,29)30/h3-8,13-14,20H,1-2,9-12,15H2,(H,24,28). The summed E-state index contributed by atoms with van der Waals surface area (Å²) in [5, 5.41) is 3.62. The summed E-state index contributed by atoms with van der Waals surface area (Å²) < 4.78 is 25.2. The number of rotatable bonds is 6. The normalized spacial score (nSPS) is 19.5. The van der Waals surface area contributed by atoms with Crippen LogP contribution in [0.25, 0.3) is 0 Å². The molecule has 2 aliphatic rings. The van der Waals surface area contributed by atoms with E-state index in [0.717, 1.165) is 35.8 Å². The molecule has 0 saturated carbocycles. The molecule has 0 aliphatic carbocycles. The van der Waals surface area contributed by atoms with Crippen molar-refractivity contribution in [2.24, 2.45) is 0 Å². The summed E-state index contributed by atoms with van der Waals surface area (Å²) >= 11 is 6.18. The van der Waals surface area contributed by atoms with Crippen LogP contribution in [0.15, 0.2) is 48.5 Å². The van der Waals surface area contributed by atoms with Crippen LogP contribution in [-0.2, 0) is 14.8 Å². The van der Waals surface area contributed by atoms with E-state index in [1.165, 1.54) is 12.1 Å². The van der Waals surface area contributed by atoms with Crippen LogP contribution in [0, 0.1) is 0 Å². The van der Waals surface area contributed by atoms with Gasteiger partial charge in [0.2, 0.25) is 15.9 Å². The molecular weight excluding hydrogens is 438 g/mol. The lowest BCUT2D eigenvalue weighted by atomic mass is 10.1. The minimum Gasteiger partial charge on any atom is -0.350 e. The van der Waals surface area contributed by atoms with Crippen molar-refractivity contribution in [3.63, 3.8) is 0 Å². The van der Waals surface area contributed by atoms with Crippen molar-refractivity contribution >= 4 is 39.1 Å². The molecule has 0 radical (unpaired) electrons. The van der Waals surface area contributed by atoms with Crippen molar-refractivity contribution in [1.82, 2.24) is 10.2 Å². The van der Waals surface area contributed by atoms with Crippen LogP contribution >= 0.6 is 11.6 Å². The lowest BCUT2D eigenvalue weighted by Crippen LogP contribution is -2.37. The van der Waals surface area contributed by atoms with Gasteiger partial charge in [0.25, 0.3) is 5.91 Å². The van der Waals surface area contributed by atoms with E-state index in [9.17, 15) is 18.0 Å². The molecule has 2 aromatic rings. The fourth-order valence-corrected chi connectivity index (χ4v) is 5.81. The van der Waals surface area contributed by atoms with Gasteiger partial charge in [0.15, 0.2) is 0 Å². The van der Waals surface area contributed by atoms with Crippen LogP contribution in [0.4, 0.5) is 5.69 Å². The van der Waals surface area contributed by atoms with Gasteiger partial charge in [-0.15, -0.1) is 0 Å². The van der Waals surface area contributed by atoms with Gasteiger partial charge in [0.05, 0.1) is 17.5 Å². The van der Waals surface area contributed by atoms with Crippen molar-refractivity contribution in [2.45, 2.75) is 25.3 Å². The smallest absolute Gasteiger partial charge is 0.251 e. The first-order valence-electron chi connectivity index (χ1n) is 10.3. The van der Waals surface area contributed by atoms with Crippen LogP contribution in [0.2, 0.25) is 5.02 Å². The second-order valence-corrected chi connectivity index (χ2v) is 10.2. The number of sulfonamides is 1. The number of hydrogen-bond donors (Lipinski definition) is 1. The minimum absolute atomic E-state index is 0.00568. The number of likely N-dealkylation sites (tertiary alicyclic amines) is 1. The molecule has 9 heteroatoms. The number of nitrogens with one attached hydrogen (secondary N) is 1. The number of hydrogen-bond acceptors (Lipinski definition) is 5. The predicted molar refractivity (Wildman–Crippen MR) is 120 cm³/mol. The number of amides is 2. The molecule has 0 spiro atoms. The zero-order valence-electron chi connectivity index (χ0n) is 17.0. The van der Waals surface area contributed by atoms with Crippen molar-refractivity contribution in [3.8, 4) is 0 Å².